The molecule has 0 amide bonds. The highest BCUT2D eigenvalue weighted by atomic mass is 16.2. The van der Waals surface area contributed by atoms with E-state index in [1.807, 2.05) is 4.90 Å². The Balaban J connectivity index is 2.30. The van der Waals surface area contributed by atoms with Crippen LogP contribution in [0.15, 0.2) is 23.9 Å². The van der Waals surface area contributed by atoms with E-state index in [9.17, 15) is 9.59 Å². The number of carbonyl (C=O) groups is 2. The summed E-state index contributed by atoms with van der Waals surface area (Å²) in [5.74, 6) is -0.778. The number of hydrogen-bond donors (Lipinski definition) is 0. The molecule has 1 saturated heterocycles. The lowest BCUT2D eigenvalue weighted by atomic mass is 10.1. The molecule has 1 aliphatic heterocycles. The van der Waals surface area contributed by atoms with E-state index in [4.69, 9.17) is 0 Å². The average molecular weight is 149 g/mol. The van der Waals surface area contributed by atoms with Crippen LogP contribution in [-0.2, 0) is 9.59 Å². The summed E-state index contributed by atoms with van der Waals surface area (Å²) in [5, 5.41) is 0. The fraction of sp³-hybridized carbons (Fsp3) is 0.250. The van der Waals surface area contributed by atoms with Gasteiger partial charge in [-0.1, -0.05) is 6.08 Å². The summed E-state index contributed by atoms with van der Waals surface area (Å²) < 4.78 is 0. The molecule has 1 aliphatic carbocycles. The molecule has 2 rings (SSSR count). The molecule has 0 spiro atoms. The number of allylic oxidation sites excluding steroid dienone is 4. The fourth-order valence-corrected chi connectivity index (χ4v) is 1.04. The van der Waals surface area contributed by atoms with Crippen molar-refractivity contribution in [3.63, 3.8) is 0 Å². The Kier molecular flexibility index (Phi) is 1.18. The third kappa shape index (κ3) is 0.981. The molecule has 0 radical (unpaired) electrons. The molecule has 0 N–H and O–H groups in total. The van der Waals surface area contributed by atoms with Crippen LogP contribution >= 0.6 is 0 Å². The first-order valence-corrected chi connectivity index (χ1v) is 3.51. The summed E-state index contributed by atoms with van der Waals surface area (Å²) >= 11 is 0. The van der Waals surface area contributed by atoms with Gasteiger partial charge in [0.05, 0.1) is 5.70 Å². The molecule has 0 aromatic heterocycles. The number of hydrogen-bond acceptors (Lipinski definition) is 3. The van der Waals surface area contributed by atoms with Crippen LogP contribution in [0.4, 0.5) is 0 Å². The van der Waals surface area contributed by atoms with Crippen molar-refractivity contribution in [2.45, 2.75) is 0 Å². The normalized spacial score (nSPS) is 22.2. The van der Waals surface area contributed by atoms with E-state index in [1.165, 1.54) is 6.08 Å². The first-order valence-electron chi connectivity index (χ1n) is 3.51. The summed E-state index contributed by atoms with van der Waals surface area (Å²) in [6.45, 7) is 1.80. The van der Waals surface area contributed by atoms with Crippen molar-refractivity contribution in [1.29, 1.82) is 0 Å². The Bertz CT molecular complexity index is 284. The minimum Gasteiger partial charge on any atom is -0.365 e. The summed E-state index contributed by atoms with van der Waals surface area (Å²) in [5.41, 5.74) is 0.553. The molecule has 0 saturated carbocycles. The molecule has 0 unspecified atom stereocenters. The average Bonchev–Trinajstić information content (AvgIpc) is 2.77. The molecule has 3 nitrogen and oxygen atoms in total. The second kappa shape index (κ2) is 2.05. The lowest BCUT2D eigenvalue weighted by Gasteiger charge is -2.06. The van der Waals surface area contributed by atoms with E-state index in [0.717, 1.165) is 13.1 Å². The predicted octanol–water partition coefficient (Wildman–Crippen LogP) is -0.106. The molecule has 0 aromatic rings. The summed E-state index contributed by atoms with van der Waals surface area (Å²) in [6, 6.07) is 0. The highest BCUT2D eigenvalue weighted by molar-refractivity contribution is 6.48. The topological polar surface area (TPSA) is 37.1 Å². The van der Waals surface area contributed by atoms with Gasteiger partial charge < -0.3 is 4.90 Å². The Morgan fingerprint density at radius 1 is 1.27 bits per heavy atom. The SMILES string of the molecule is O=C1C=CC=C(N2CC2)C1=O. The standard InChI is InChI=1S/C8H7NO2/c10-7-3-1-2-6(8(7)11)9-4-5-9/h1-3H,4-5H2. The van der Waals surface area contributed by atoms with E-state index in [2.05, 4.69) is 0 Å². The molecule has 0 atom stereocenters. The van der Waals surface area contributed by atoms with E-state index in [-0.39, 0.29) is 5.78 Å². The molecule has 11 heavy (non-hydrogen) atoms. The Morgan fingerprint density at radius 2 is 2.00 bits per heavy atom. The molecular formula is C8H7NO2. The summed E-state index contributed by atoms with van der Waals surface area (Å²) in [7, 11) is 0. The second-order valence-electron chi connectivity index (χ2n) is 2.59. The molecule has 0 aromatic carbocycles. The van der Waals surface area contributed by atoms with E-state index < -0.39 is 5.78 Å². The third-order valence-corrected chi connectivity index (χ3v) is 1.75. The van der Waals surface area contributed by atoms with Crippen molar-refractivity contribution in [2.24, 2.45) is 0 Å². The number of nitrogens with zero attached hydrogens (tertiary/aromatic N) is 1. The van der Waals surface area contributed by atoms with E-state index in [0.29, 0.717) is 5.70 Å². The van der Waals surface area contributed by atoms with Gasteiger partial charge in [0.25, 0.3) is 0 Å². The van der Waals surface area contributed by atoms with Gasteiger partial charge in [-0.05, 0) is 12.2 Å². The van der Waals surface area contributed by atoms with Crippen LogP contribution in [0.1, 0.15) is 0 Å². The van der Waals surface area contributed by atoms with Crippen molar-refractivity contribution in [3.8, 4) is 0 Å². The molecule has 0 bridgehead atoms. The van der Waals surface area contributed by atoms with Gasteiger partial charge in [0.15, 0.2) is 0 Å². The smallest absolute Gasteiger partial charge is 0.248 e. The van der Waals surface area contributed by atoms with Crippen molar-refractivity contribution in [3.05, 3.63) is 23.9 Å². The number of Topliss-reactive ketones (excluding diaryl/α,β-unsaturated/α-hetero) is 1. The number of rotatable bonds is 1. The van der Waals surface area contributed by atoms with Gasteiger partial charge in [-0.2, -0.15) is 0 Å². The van der Waals surface area contributed by atoms with Gasteiger partial charge in [-0.25, -0.2) is 0 Å². The van der Waals surface area contributed by atoms with Gasteiger partial charge in [0, 0.05) is 13.1 Å². The van der Waals surface area contributed by atoms with Crippen LogP contribution in [0, 0.1) is 0 Å². The van der Waals surface area contributed by atoms with Crippen LogP contribution in [-0.4, -0.2) is 29.6 Å². The maximum Gasteiger partial charge on any atom is 0.248 e. The Hall–Kier alpha value is -1.38. The zero-order chi connectivity index (χ0) is 7.84. The lowest BCUT2D eigenvalue weighted by molar-refractivity contribution is -0.132. The molecule has 1 fully saturated rings. The summed E-state index contributed by atoms with van der Waals surface area (Å²) in [4.78, 5) is 23.8. The van der Waals surface area contributed by atoms with Crippen molar-refractivity contribution < 1.29 is 9.59 Å². The maximum atomic E-state index is 11.1. The minimum absolute atomic E-state index is 0.370. The Labute approximate surface area is 64.0 Å². The van der Waals surface area contributed by atoms with Crippen molar-refractivity contribution in [1.82, 2.24) is 4.90 Å². The molecule has 1 heterocycles. The van der Waals surface area contributed by atoms with Gasteiger partial charge in [0.2, 0.25) is 11.6 Å². The van der Waals surface area contributed by atoms with Gasteiger partial charge in [-0.3, -0.25) is 9.59 Å². The lowest BCUT2D eigenvalue weighted by Crippen LogP contribution is -2.20. The van der Waals surface area contributed by atoms with Crippen LogP contribution in [0.3, 0.4) is 0 Å². The largest absolute Gasteiger partial charge is 0.365 e. The van der Waals surface area contributed by atoms with Crippen LogP contribution in [0.5, 0.6) is 0 Å². The molecule has 2 aliphatic rings. The third-order valence-electron chi connectivity index (χ3n) is 1.75. The highest BCUT2D eigenvalue weighted by Gasteiger charge is 2.29. The number of carbonyl (C=O) groups excluding carboxylic acids is 2. The minimum atomic E-state index is -0.408. The quantitative estimate of drug-likeness (QED) is 0.296. The van der Waals surface area contributed by atoms with Crippen LogP contribution < -0.4 is 0 Å². The van der Waals surface area contributed by atoms with Gasteiger partial charge >= 0.3 is 0 Å². The van der Waals surface area contributed by atoms with E-state index >= 15 is 0 Å². The van der Waals surface area contributed by atoms with Crippen LogP contribution in [0.25, 0.3) is 0 Å². The predicted molar refractivity (Wildman–Crippen MR) is 38.8 cm³/mol. The van der Waals surface area contributed by atoms with Crippen LogP contribution in [0.2, 0.25) is 0 Å². The van der Waals surface area contributed by atoms with Crippen molar-refractivity contribution in [2.75, 3.05) is 13.1 Å². The molecule has 56 valence electrons. The first-order chi connectivity index (χ1) is 5.29. The Morgan fingerprint density at radius 3 is 2.64 bits per heavy atom. The first kappa shape index (κ1) is 6.34. The van der Waals surface area contributed by atoms with E-state index in [1.54, 1.807) is 12.2 Å². The summed E-state index contributed by atoms with van der Waals surface area (Å²) in [6.07, 6.45) is 4.61. The maximum absolute atomic E-state index is 11.1. The second-order valence-corrected chi connectivity index (χ2v) is 2.59. The van der Waals surface area contributed by atoms with Gasteiger partial charge in [-0.15, -0.1) is 0 Å². The number of ketones is 2. The molecular weight excluding hydrogens is 142 g/mol. The zero-order valence-electron chi connectivity index (χ0n) is 5.91. The fourth-order valence-electron chi connectivity index (χ4n) is 1.04. The highest BCUT2D eigenvalue weighted by Crippen LogP contribution is 2.17. The van der Waals surface area contributed by atoms with Gasteiger partial charge in [0.1, 0.15) is 0 Å². The monoisotopic (exact) mass is 149 g/mol. The molecule has 3 heteroatoms. The van der Waals surface area contributed by atoms with Crippen molar-refractivity contribution >= 4 is 11.6 Å². The zero-order valence-corrected chi connectivity index (χ0v) is 5.91.